The first kappa shape index (κ1) is 18.3. The van der Waals surface area contributed by atoms with Crippen LogP contribution in [0.1, 0.15) is 49.3 Å². The van der Waals surface area contributed by atoms with Crippen molar-refractivity contribution in [2.24, 2.45) is 0 Å². The number of unbranched alkanes of at least 4 members (excludes halogenated alkanes) is 3. The van der Waals surface area contributed by atoms with Gasteiger partial charge in [-0.25, -0.2) is 0 Å². The minimum atomic E-state index is -0.506. The Bertz CT molecular complexity index is 943. The van der Waals surface area contributed by atoms with E-state index < -0.39 is 10.5 Å². The summed E-state index contributed by atoms with van der Waals surface area (Å²) in [6.45, 7) is 2.19. The van der Waals surface area contributed by atoms with Crippen molar-refractivity contribution < 1.29 is 4.79 Å². The van der Waals surface area contributed by atoms with Gasteiger partial charge in [-0.1, -0.05) is 32.3 Å². The summed E-state index contributed by atoms with van der Waals surface area (Å²) in [5, 5.41) is 23.2. The number of nitrogens with one attached hydrogen (secondary N) is 2. The summed E-state index contributed by atoms with van der Waals surface area (Å²) in [5.41, 5.74) is 3.54. The van der Waals surface area contributed by atoms with Gasteiger partial charge in [-0.2, -0.15) is 5.26 Å². The van der Waals surface area contributed by atoms with Crippen molar-refractivity contribution in [1.29, 1.82) is 10.7 Å². The number of aromatic nitrogens is 1. The molecule has 3 rings (SSSR count). The van der Waals surface area contributed by atoms with Crippen LogP contribution in [-0.4, -0.2) is 27.2 Å². The first-order valence-corrected chi connectivity index (χ1v) is 10.3. The van der Waals surface area contributed by atoms with Crippen LogP contribution < -0.4 is 5.32 Å². The summed E-state index contributed by atoms with van der Waals surface area (Å²) in [6.07, 6.45) is 7.14. The van der Waals surface area contributed by atoms with Crippen molar-refractivity contribution >= 4 is 37.8 Å². The SMILES string of the molecule is CCCCCCc1c(C#N)cnc2ccc(/C=S3/CC(=O)NC3=N)cc12. The Balaban J connectivity index is 1.98. The number of benzene rings is 1. The lowest BCUT2D eigenvalue weighted by molar-refractivity contribution is -0.116. The number of carbonyl (C=O) groups is 1. The highest BCUT2D eigenvalue weighted by Gasteiger charge is 2.19. The fourth-order valence-electron chi connectivity index (χ4n) is 3.14. The van der Waals surface area contributed by atoms with Crippen LogP contribution in [-0.2, 0) is 11.2 Å². The van der Waals surface area contributed by atoms with E-state index in [9.17, 15) is 10.1 Å². The predicted molar refractivity (Wildman–Crippen MR) is 108 cm³/mol. The number of hydrogen-bond acceptors (Lipinski definition) is 4. The molecule has 134 valence electrons. The zero-order valence-corrected chi connectivity index (χ0v) is 15.7. The lowest BCUT2D eigenvalue weighted by Gasteiger charge is -2.09. The van der Waals surface area contributed by atoms with E-state index in [0.717, 1.165) is 41.3 Å². The second-order valence-electron chi connectivity index (χ2n) is 6.42. The highest BCUT2D eigenvalue weighted by Crippen LogP contribution is 2.25. The molecule has 1 aliphatic rings. The highest BCUT2D eigenvalue weighted by atomic mass is 32.2. The molecule has 5 nitrogen and oxygen atoms in total. The van der Waals surface area contributed by atoms with Gasteiger partial charge in [0.15, 0.2) is 5.17 Å². The number of hydrogen-bond donors (Lipinski definition) is 2. The Hall–Kier alpha value is -2.52. The second kappa shape index (κ2) is 8.24. The van der Waals surface area contributed by atoms with E-state index in [-0.39, 0.29) is 11.1 Å². The quantitative estimate of drug-likeness (QED) is 0.603. The molecule has 1 aromatic carbocycles. The maximum atomic E-state index is 11.5. The molecule has 2 aromatic rings. The Kier molecular flexibility index (Phi) is 5.79. The molecule has 26 heavy (non-hydrogen) atoms. The molecule has 0 bridgehead atoms. The van der Waals surface area contributed by atoms with Crippen molar-refractivity contribution in [2.45, 2.75) is 39.0 Å². The third-order valence-corrected chi connectivity index (χ3v) is 6.24. The number of amides is 1. The molecule has 0 spiro atoms. The largest absolute Gasteiger partial charge is 0.305 e. The topological polar surface area (TPSA) is 89.6 Å². The molecule has 2 N–H and O–H groups in total. The molecule has 1 unspecified atom stereocenters. The van der Waals surface area contributed by atoms with Gasteiger partial charge < -0.3 is 5.32 Å². The molecular weight excluding hydrogens is 344 g/mol. The summed E-state index contributed by atoms with van der Waals surface area (Å²) in [5.74, 6) is 0.248. The molecular formula is C20H22N4OS. The average Bonchev–Trinajstić information content (AvgIpc) is 2.95. The lowest BCUT2D eigenvalue weighted by Crippen LogP contribution is -2.19. The van der Waals surface area contributed by atoms with E-state index in [1.165, 1.54) is 12.8 Å². The predicted octanol–water partition coefficient (Wildman–Crippen LogP) is 3.71. The lowest BCUT2D eigenvalue weighted by atomic mass is 9.97. The van der Waals surface area contributed by atoms with Crippen LogP contribution in [0.2, 0.25) is 0 Å². The summed E-state index contributed by atoms with van der Waals surface area (Å²) in [4.78, 5) is 15.9. The number of pyridine rings is 1. The van der Waals surface area contributed by atoms with Gasteiger partial charge in [0.1, 0.15) is 6.07 Å². The maximum absolute atomic E-state index is 11.5. The zero-order valence-electron chi connectivity index (χ0n) is 14.8. The highest BCUT2D eigenvalue weighted by molar-refractivity contribution is 8.29. The van der Waals surface area contributed by atoms with Crippen molar-refractivity contribution in [2.75, 3.05) is 5.75 Å². The third-order valence-electron chi connectivity index (χ3n) is 4.48. The molecule has 1 fully saturated rings. The van der Waals surface area contributed by atoms with E-state index >= 15 is 0 Å². The van der Waals surface area contributed by atoms with Gasteiger partial charge >= 0.3 is 0 Å². The van der Waals surface area contributed by atoms with E-state index in [0.29, 0.717) is 11.3 Å². The maximum Gasteiger partial charge on any atom is 0.235 e. The molecule has 0 saturated carbocycles. The zero-order chi connectivity index (χ0) is 18.5. The number of nitriles is 1. The van der Waals surface area contributed by atoms with Crippen molar-refractivity contribution in [3.05, 3.63) is 41.1 Å². The van der Waals surface area contributed by atoms with Crippen LogP contribution in [0.3, 0.4) is 0 Å². The van der Waals surface area contributed by atoms with Gasteiger partial charge in [-0.05, 0) is 41.5 Å². The molecule has 6 heteroatoms. The first-order chi connectivity index (χ1) is 12.6. The summed E-state index contributed by atoms with van der Waals surface area (Å²) >= 11 is 0. The summed E-state index contributed by atoms with van der Waals surface area (Å²) in [7, 11) is -0.506. The van der Waals surface area contributed by atoms with Crippen LogP contribution in [0.4, 0.5) is 0 Å². The van der Waals surface area contributed by atoms with E-state index in [4.69, 9.17) is 5.41 Å². The molecule has 1 aliphatic heterocycles. The van der Waals surface area contributed by atoms with Gasteiger partial charge in [0.05, 0.1) is 16.8 Å². The fourth-order valence-corrected chi connectivity index (χ4v) is 4.56. The molecule has 0 aliphatic carbocycles. The Labute approximate surface area is 155 Å². The number of fused-ring (bicyclic) bond motifs is 1. The minimum Gasteiger partial charge on any atom is -0.305 e. The van der Waals surface area contributed by atoms with Gasteiger partial charge in [-0.15, -0.1) is 10.5 Å². The van der Waals surface area contributed by atoms with Gasteiger partial charge in [0.2, 0.25) is 5.91 Å². The standard InChI is InChI=1S/C20H22N4OS/c1-2-3-4-5-6-16-15(10-21)11-23-18-8-7-14(9-17(16)18)12-26-13-19(25)24-20(26)22/h7-9,11-12H,2-6,13H2,1H3,(H2,22,24,25). The number of nitrogens with zero attached hydrogens (tertiary/aromatic N) is 2. The second-order valence-corrected chi connectivity index (χ2v) is 8.21. The van der Waals surface area contributed by atoms with Crippen LogP contribution in [0.15, 0.2) is 24.4 Å². The number of carbonyl (C=O) groups excluding carboxylic acids is 1. The third kappa shape index (κ3) is 4.00. The minimum absolute atomic E-state index is 0.0968. The Morgan fingerprint density at radius 3 is 2.92 bits per heavy atom. The van der Waals surface area contributed by atoms with Crippen LogP contribution in [0, 0.1) is 16.7 Å². The Morgan fingerprint density at radius 2 is 2.23 bits per heavy atom. The number of amidine groups is 1. The Morgan fingerprint density at radius 1 is 1.38 bits per heavy atom. The molecule has 1 amide bonds. The van der Waals surface area contributed by atoms with Gasteiger partial charge in [0.25, 0.3) is 0 Å². The van der Waals surface area contributed by atoms with Crippen molar-refractivity contribution in [1.82, 2.24) is 10.3 Å². The van der Waals surface area contributed by atoms with E-state index in [1.54, 1.807) is 6.20 Å². The van der Waals surface area contributed by atoms with E-state index in [2.05, 4.69) is 23.3 Å². The van der Waals surface area contributed by atoms with Crippen molar-refractivity contribution in [3.63, 3.8) is 0 Å². The summed E-state index contributed by atoms with van der Waals surface area (Å²) in [6, 6.07) is 8.24. The van der Waals surface area contributed by atoms with Crippen LogP contribution >= 0.6 is 10.5 Å². The average molecular weight is 366 g/mol. The fraction of sp³-hybridized carbons (Fsp3) is 0.350. The molecule has 1 aromatic heterocycles. The molecule has 2 heterocycles. The number of aryl methyl sites for hydroxylation is 1. The normalized spacial score (nSPS) is 16.8. The van der Waals surface area contributed by atoms with E-state index in [1.807, 2.05) is 23.6 Å². The van der Waals surface area contributed by atoms with Gasteiger partial charge in [0, 0.05) is 11.6 Å². The van der Waals surface area contributed by atoms with Crippen LogP contribution in [0.25, 0.3) is 10.9 Å². The smallest absolute Gasteiger partial charge is 0.235 e. The monoisotopic (exact) mass is 366 g/mol. The molecule has 1 atom stereocenters. The molecule has 1 saturated heterocycles. The summed E-state index contributed by atoms with van der Waals surface area (Å²) < 4.78 is 0. The van der Waals surface area contributed by atoms with Gasteiger partial charge in [-0.3, -0.25) is 15.2 Å². The number of rotatable bonds is 6. The molecule has 0 radical (unpaired) electrons. The first-order valence-electron chi connectivity index (χ1n) is 8.87. The van der Waals surface area contributed by atoms with Crippen molar-refractivity contribution in [3.8, 4) is 6.07 Å². The van der Waals surface area contributed by atoms with Crippen LogP contribution in [0.5, 0.6) is 0 Å².